The fourth-order valence-electron chi connectivity index (χ4n) is 3.61. The molecule has 5 rings (SSSR count). The van der Waals surface area contributed by atoms with Gasteiger partial charge in [0.05, 0.1) is 30.1 Å². The van der Waals surface area contributed by atoms with Crippen molar-refractivity contribution in [3.05, 3.63) is 59.8 Å². The number of fused-ring (bicyclic) bond motifs is 2. The van der Waals surface area contributed by atoms with Gasteiger partial charge in [-0.15, -0.1) is 0 Å². The monoisotopic (exact) mass is 431 g/mol. The van der Waals surface area contributed by atoms with Crippen LogP contribution in [-0.4, -0.2) is 34.0 Å². The molecular weight excluding hydrogens is 410 g/mol. The van der Waals surface area contributed by atoms with Crippen LogP contribution >= 0.6 is 11.3 Å². The van der Waals surface area contributed by atoms with Crippen LogP contribution in [0.4, 0.5) is 10.9 Å². The highest BCUT2D eigenvalue weighted by Crippen LogP contribution is 2.33. The lowest BCUT2D eigenvalue weighted by atomic mass is 10.1. The molecule has 0 unspecified atom stereocenters. The first-order valence-corrected chi connectivity index (χ1v) is 10.6. The van der Waals surface area contributed by atoms with Gasteiger partial charge in [-0.05, 0) is 49.7 Å². The largest absolute Gasteiger partial charge is 0.497 e. The van der Waals surface area contributed by atoms with Gasteiger partial charge in [0.15, 0.2) is 10.9 Å². The van der Waals surface area contributed by atoms with Crippen LogP contribution in [-0.2, 0) is 0 Å². The Bertz CT molecular complexity index is 1420. The lowest BCUT2D eigenvalue weighted by Gasteiger charge is -2.12. The molecular formula is C23H21N5O2S. The van der Waals surface area contributed by atoms with Crippen molar-refractivity contribution < 1.29 is 9.47 Å². The van der Waals surface area contributed by atoms with Crippen LogP contribution in [0.25, 0.3) is 26.9 Å². The first kappa shape index (κ1) is 19.3. The van der Waals surface area contributed by atoms with E-state index in [9.17, 15) is 0 Å². The van der Waals surface area contributed by atoms with Gasteiger partial charge in [0.25, 0.3) is 0 Å². The summed E-state index contributed by atoms with van der Waals surface area (Å²) in [5.41, 5.74) is 3.71. The summed E-state index contributed by atoms with van der Waals surface area (Å²) in [4.78, 5) is 9.55. The number of rotatable bonds is 5. The standard InChI is InChI=1S/C23H21N5O2S/c1-13-10-20(25-22-16(13)6-5-7-18(22)30-4)28-21(11-14(2)27-28)26-23-24-17-9-8-15(29-3)12-19(17)31-23/h5-12H,1-4H3,(H,24,26). The number of hydrogen-bond donors (Lipinski definition) is 1. The quantitative estimate of drug-likeness (QED) is 0.401. The number of pyridine rings is 1. The Morgan fingerprint density at radius 3 is 2.65 bits per heavy atom. The van der Waals surface area contributed by atoms with Gasteiger partial charge in [-0.25, -0.2) is 9.97 Å². The molecule has 156 valence electrons. The summed E-state index contributed by atoms with van der Waals surface area (Å²) in [6, 6.07) is 15.8. The number of nitrogens with zero attached hydrogens (tertiary/aromatic N) is 4. The SMILES string of the molecule is COc1ccc2nc(Nc3cc(C)nn3-c3cc(C)c4cccc(OC)c4n3)sc2c1. The summed E-state index contributed by atoms with van der Waals surface area (Å²) in [5.74, 6) is 3.06. The van der Waals surface area contributed by atoms with Gasteiger partial charge in [-0.1, -0.05) is 23.5 Å². The highest BCUT2D eigenvalue weighted by atomic mass is 32.1. The molecule has 3 aromatic heterocycles. The van der Waals surface area contributed by atoms with Crippen molar-refractivity contribution in [2.45, 2.75) is 13.8 Å². The van der Waals surface area contributed by atoms with Crippen molar-refractivity contribution in [2.24, 2.45) is 0 Å². The molecule has 31 heavy (non-hydrogen) atoms. The molecule has 0 radical (unpaired) electrons. The maximum absolute atomic E-state index is 5.53. The van der Waals surface area contributed by atoms with Crippen LogP contribution < -0.4 is 14.8 Å². The molecule has 0 atom stereocenters. The summed E-state index contributed by atoms with van der Waals surface area (Å²) >= 11 is 1.56. The van der Waals surface area contributed by atoms with Crippen LogP contribution in [0.15, 0.2) is 48.5 Å². The molecule has 5 aromatic rings. The Labute approximate surface area is 183 Å². The molecule has 0 aliphatic rings. The molecule has 0 amide bonds. The number of hydrogen-bond acceptors (Lipinski definition) is 7. The van der Waals surface area contributed by atoms with E-state index in [1.54, 1.807) is 30.2 Å². The molecule has 0 fully saturated rings. The molecule has 0 aliphatic heterocycles. The van der Waals surface area contributed by atoms with E-state index in [-0.39, 0.29) is 0 Å². The lowest BCUT2D eigenvalue weighted by Crippen LogP contribution is -2.05. The number of nitrogens with one attached hydrogen (secondary N) is 1. The summed E-state index contributed by atoms with van der Waals surface area (Å²) in [6.07, 6.45) is 0. The smallest absolute Gasteiger partial charge is 0.189 e. The van der Waals surface area contributed by atoms with E-state index in [1.165, 1.54) is 0 Å². The van der Waals surface area contributed by atoms with E-state index < -0.39 is 0 Å². The Morgan fingerprint density at radius 1 is 0.968 bits per heavy atom. The summed E-state index contributed by atoms with van der Waals surface area (Å²) in [5, 5.41) is 9.91. The molecule has 0 bridgehead atoms. The normalized spacial score (nSPS) is 11.2. The number of para-hydroxylation sites is 1. The third kappa shape index (κ3) is 3.44. The molecule has 0 saturated heterocycles. The van der Waals surface area contributed by atoms with Gasteiger partial charge >= 0.3 is 0 Å². The number of aryl methyl sites for hydroxylation is 2. The van der Waals surface area contributed by atoms with E-state index >= 15 is 0 Å². The second kappa shape index (κ2) is 7.55. The first-order valence-electron chi connectivity index (χ1n) is 9.78. The fraction of sp³-hybridized carbons (Fsp3) is 0.174. The highest BCUT2D eigenvalue weighted by Gasteiger charge is 2.15. The fourth-order valence-corrected chi connectivity index (χ4v) is 4.51. The minimum atomic E-state index is 0.716. The average molecular weight is 432 g/mol. The van der Waals surface area contributed by atoms with Gasteiger partial charge < -0.3 is 14.8 Å². The van der Waals surface area contributed by atoms with E-state index in [4.69, 9.17) is 19.4 Å². The predicted molar refractivity (Wildman–Crippen MR) is 124 cm³/mol. The zero-order valence-electron chi connectivity index (χ0n) is 17.6. The number of thiazole rings is 1. The molecule has 8 heteroatoms. The third-order valence-electron chi connectivity index (χ3n) is 5.09. The van der Waals surface area contributed by atoms with Gasteiger partial charge in [-0.2, -0.15) is 9.78 Å². The lowest BCUT2D eigenvalue weighted by molar-refractivity contribution is 0.415. The second-order valence-corrected chi connectivity index (χ2v) is 8.24. The molecule has 1 N–H and O–H groups in total. The van der Waals surface area contributed by atoms with Crippen molar-refractivity contribution in [3.8, 4) is 17.3 Å². The van der Waals surface area contributed by atoms with Crippen molar-refractivity contribution >= 4 is 43.4 Å². The van der Waals surface area contributed by atoms with Crippen molar-refractivity contribution in [1.82, 2.24) is 19.7 Å². The van der Waals surface area contributed by atoms with Crippen LogP contribution in [0, 0.1) is 13.8 Å². The zero-order valence-corrected chi connectivity index (χ0v) is 18.4. The van der Waals surface area contributed by atoms with Gasteiger partial charge in [0.1, 0.15) is 22.8 Å². The predicted octanol–water partition coefficient (Wildman–Crippen LogP) is 5.41. The van der Waals surface area contributed by atoms with Crippen molar-refractivity contribution in [1.29, 1.82) is 0 Å². The zero-order chi connectivity index (χ0) is 21.5. The maximum Gasteiger partial charge on any atom is 0.189 e. The summed E-state index contributed by atoms with van der Waals surface area (Å²) in [6.45, 7) is 4.02. The van der Waals surface area contributed by atoms with E-state index in [0.717, 1.165) is 54.8 Å². The van der Waals surface area contributed by atoms with E-state index in [0.29, 0.717) is 5.82 Å². The summed E-state index contributed by atoms with van der Waals surface area (Å²) < 4.78 is 13.7. The number of aromatic nitrogens is 4. The molecule has 2 aromatic carbocycles. The number of ether oxygens (including phenoxy) is 2. The summed E-state index contributed by atoms with van der Waals surface area (Å²) in [7, 11) is 3.32. The Kier molecular flexibility index (Phi) is 4.71. The minimum Gasteiger partial charge on any atom is -0.497 e. The Hall–Kier alpha value is -3.65. The van der Waals surface area contributed by atoms with Crippen LogP contribution in [0.5, 0.6) is 11.5 Å². The number of benzene rings is 2. The maximum atomic E-state index is 5.53. The van der Waals surface area contributed by atoms with Crippen LogP contribution in [0.3, 0.4) is 0 Å². The second-order valence-electron chi connectivity index (χ2n) is 7.21. The number of anilines is 2. The number of methoxy groups -OCH3 is 2. The first-order chi connectivity index (χ1) is 15.1. The average Bonchev–Trinajstić information content (AvgIpc) is 3.35. The van der Waals surface area contributed by atoms with Gasteiger partial charge in [0, 0.05) is 11.5 Å². The Balaban J connectivity index is 1.58. The highest BCUT2D eigenvalue weighted by molar-refractivity contribution is 7.22. The topological polar surface area (TPSA) is 74.1 Å². The van der Waals surface area contributed by atoms with E-state index in [1.807, 2.05) is 55.5 Å². The molecule has 0 spiro atoms. The van der Waals surface area contributed by atoms with Gasteiger partial charge in [0.2, 0.25) is 0 Å². The van der Waals surface area contributed by atoms with Crippen molar-refractivity contribution in [3.63, 3.8) is 0 Å². The molecule has 7 nitrogen and oxygen atoms in total. The van der Waals surface area contributed by atoms with Crippen LogP contribution in [0.2, 0.25) is 0 Å². The van der Waals surface area contributed by atoms with Crippen molar-refractivity contribution in [2.75, 3.05) is 19.5 Å². The minimum absolute atomic E-state index is 0.716. The molecule has 0 aliphatic carbocycles. The van der Waals surface area contributed by atoms with Crippen LogP contribution in [0.1, 0.15) is 11.3 Å². The molecule has 0 saturated carbocycles. The Morgan fingerprint density at radius 2 is 1.84 bits per heavy atom. The molecule has 3 heterocycles. The van der Waals surface area contributed by atoms with Gasteiger partial charge in [-0.3, -0.25) is 0 Å². The third-order valence-corrected chi connectivity index (χ3v) is 6.03. The van der Waals surface area contributed by atoms with E-state index in [2.05, 4.69) is 17.3 Å².